The minimum atomic E-state index is 0.432. The molecule has 100 valence electrons. The van der Waals surface area contributed by atoms with E-state index in [1.165, 1.54) is 30.5 Å². The lowest BCUT2D eigenvalue weighted by Crippen LogP contribution is -2.29. The molecule has 4 heteroatoms. The van der Waals surface area contributed by atoms with Crippen LogP contribution in [0.5, 0.6) is 0 Å². The van der Waals surface area contributed by atoms with Crippen molar-refractivity contribution >= 4 is 11.5 Å². The zero-order valence-corrected chi connectivity index (χ0v) is 11.2. The maximum Gasteiger partial charge on any atom is 0.171 e. The third-order valence-electron chi connectivity index (χ3n) is 3.64. The van der Waals surface area contributed by atoms with Gasteiger partial charge in [-0.1, -0.05) is 16.8 Å². The molecule has 1 aromatic carbocycles. The number of nitrogen functional groups attached to an aromatic ring is 1. The molecule has 0 radical (unpaired) electrons. The molecule has 0 bridgehead atoms. The highest BCUT2D eigenvalue weighted by Crippen LogP contribution is 2.34. The second-order valence-electron chi connectivity index (χ2n) is 5.18. The first-order chi connectivity index (χ1) is 9.24. The third-order valence-corrected chi connectivity index (χ3v) is 3.64. The maximum atomic E-state index is 5.66. The Morgan fingerprint density at radius 3 is 2.63 bits per heavy atom. The molecule has 1 fully saturated rings. The number of aromatic nitrogens is 1. The number of hydrogen-bond donors (Lipinski definition) is 1. The van der Waals surface area contributed by atoms with E-state index in [-0.39, 0.29) is 0 Å². The molecule has 0 saturated carbocycles. The number of anilines is 2. The van der Waals surface area contributed by atoms with Crippen molar-refractivity contribution in [2.45, 2.75) is 26.2 Å². The fourth-order valence-electron chi connectivity index (χ4n) is 2.67. The average Bonchev–Trinajstić information content (AvgIpc) is 2.86. The van der Waals surface area contributed by atoms with Crippen molar-refractivity contribution in [3.63, 3.8) is 0 Å². The van der Waals surface area contributed by atoms with Gasteiger partial charge in [0.2, 0.25) is 0 Å². The number of rotatable bonds is 2. The molecule has 0 amide bonds. The monoisotopic (exact) mass is 257 g/mol. The Hall–Kier alpha value is -1.97. The molecule has 2 heterocycles. The standard InChI is InChI=1S/C15H19N3O/c1-11-5-6-13(18-7-3-2-4-8-18)12(9-11)14-10-15(16)17-19-14/h5-6,9-10H,2-4,7-8H2,1H3,(H2,16,17). The molecule has 1 aliphatic rings. The van der Waals surface area contributed by atoms with Crippen LogP contribution in [0, 0.1) is 6.92 Å². The van der Waals surface area contributed by atoms with Gasteiger partial charge in [-0.3, -0.25) is 0 Å². The quantitative estimate of drug-likeness (QED) is 0.897. The Morgan fingerprint density at radius 1 is 1.16 bits per heavy atom. The maximum absolute atomic E-state index is 5.66. The van der Waals surface area contributed by atoms with E-state index in [0.717, 1.165) is 24.4 Å². The van der Waals surface area contributed by atoms with E-state index >= 15 is 0 Å². The molecule has 1 aromatic heterocycles. The van der Waals surface area contributed by atoms with Crippen molar-refractivity contribution in [1.29, 1.82) is 0 Å². The fraction of sp³-hybridized carbons (Fsp3) is 0.400. The minimum Gasteiger partial charge on any atom is -0.381 e. The summed E-state index contributed by atoms with van der Waals surface area (Å²) in [7, 11) is 0. The normalized spacial score (nSPS) is 15.7. The lowest BCUT2D eigenvalue weighted by Gasteiger charge is -2.30. The summed E-state index contributed by atoms with van der Waals surface area (Å²) in [5.74, 6) is 1.18. The topological polar surface area (TPSA) is 55.3 Å². The van der Waals surface area contributed by atoms with Crippen molar-refractivity contribution in [1.82, 2.24) is 5.16 Å². The minimum absolute atomic E-state index is 0.432. The smallest absolute Gasteiger partial charge is 0.171 e. The van der Waals surface area contributed by atoms with Crippen LogP contribution in [0.4, 0.5) is 11.5 Å². The van der Waals surface area contributed by atoms with Gasteiger partial charge in [0, 0.05) is 30.4 Å². The summed E-state index contributed by atoms with van der Waals surface area (Å²) in [6.45, 7) is 4.31. The molecule has 2 aromatic rings. The van der Waals surface area contributed by atoms with E-state index in [2.05, 4.69) is 35.2 Å². The van der Waals surface area contributed by atoms with E-state index < -0.39 is 0 Å². The number of benzene rings is 1. The van der Waals surface area contributed by atoms with Crippen LogP contribution in [0.15, 0.2) is 28.8 Å². The predicted molar refractivity (Wildman–Crippen MR) is 77.2 cm³/mol. The summed E-state index contributed by atoms with van der Waals surface area (Å²) < 4.78 is 5.34. The molecule has 1 aliphatic heterocycles. The Balaban J connectivity index is 2.03. The molecule has 0 aliphatic carbocycles. The van der Waals surface area contributed by atoms with Gasteiger partial charge in [-0.25, -0.2) is 0 Å². The number of hydrogen-bond acceptors (Lipinski definition) is 4. The van der Waals surface area contributed by atoms with Gasteiger partial charge in [-0.05, 0) is 38.3 Å². The lowest BCUT2D eigenvalue weighted by molar-refractivity contribution is 0.435. The van der Waals surface area contributed by atoms with E-state index in [0.29, 0.717) is 5.82 Å². The molecule has 0 spiro atoms. The van der Waals surface area contributed by atoms with Gasteiger partial charge in [-0.2, -0.15) is 0 Å². The number of piperidine rings is 1. The van der Waals surface area contributed by atoms with Crippen LogP contribution in [0.3, 0.4) is 0 Å². The Kier molecular flexibility index (Phi) is 3.15. The van der Waals surface area contributed by atoms with E-state index in [9.17, 15) is 0 Å². The summed E-state index contributed by atoms with van der Waals surface area (Å²) in [5.41, 5.74) is 9.19. The van der Waals surface area contributed by atoms with Gasteiger partial charge >= 0.3 is 0 Å². The Morgan fingerprint density at radius 2 is 1.95 bits per heavy atom. The van der Waals surface area contributed by atoms with E-state index in [1.807, 2.05) is 0 Å². The highest BCUT2D eigenvalue weighted by atomic mass is 16.5. The summed E-state index contributed by atoms with van der Waals surface area (Å²) >= 11 is 0. The molecule has 2 N–H and O–H groups in total. The number of aryl methyl sites for hydroxylation is 1. The van der Waals surface area contributed by atoms with Crippen LogP contribution >= 0.6 is 0 Å². The number of nitrogens with zero attached hydrogens (tertiary/aromatic N) is 2. The molecule has 3 rings (SSSR count). The van der Waals surface area contributed by atoms with Gasteiger partial charge < -0.3 is 15.2 Å². The Bertz CT molecular complexity index is 571. The third kappa shape index (κ3) is 2.43. The molecule has 1 saturated heterocycles. The Labute approximate surface area is 113 Å². The second-order valence-corrected chi connectivity index (χ2v) is 5.18. The fourth-order valence-corrected chi connectivity index (χ4v) is 2.67. The molecule has 4 nitrogen and oxygen atoms in total. The summed E-state index contributed by atoms with van der Waals surface area (Å²) in [4.78, 5) is 2.43. The van der Waals surface area contributed by atoms with Gasteiger partial charge in [0.15, 0.2) is 11.6 Å². The molecular formula is C15H19N3O. The van der Waals surface area contributed by atoms with Crippen LogP contribution < -0.4 is 10.6 Å². The highest BCUT2D eigenvalue weighted by molar-refractivity contribution is 5.77. The van der Waals surface area contributed by atoms with Crippen molar-refractivity contribution in [2.24, 2.45) is 0 Å². The lowest BCUT2D eigenvalue weighted by atomic mass is 10.0. The molecule has 19 heavy (non-hydrogen) atoms. The van der Waals surface area contributed by atoms with Gasteiger partial charge in [0.25, 0.3) is 0 Å². The van der Waals surface area contributed by atoms with Gasteiger partial charge in [0.1, 0.15) is 0 Å². The van der Waals surface area contributed by atoms with Gasteiger partial charge in [0.05, 0.1) is 0 Å². The first-order valence-corrected chi connectivity index (χ1v) is 6.82. The first kappa shape index (κ1) is 12.1. The molecule has 0 unspecified atom stereocenters. The van der Waals surface area contributed by atoms with Crippen LogP contribution in [0.2, 0.25) is 0 Å². The van der Waals surface area contributed by atoms with E-state index in [1.54, 1.807) is 6.07 Å². The van der Waals surface area contributed by atoms with E-state index in [4.69, 9.17) is 10.3 Å². The SMILES string of the molecule is Cc1ccc(N2CCCCC2)c(-c2cc(N)no2)c1. The largest absolute Gasteiger partial charge is 0.381 e. The number of nitrogens with two attached hydrogens (primary N) is 1. The zero-order chi connectivity index (χ0) is 13.2. The predicted octanol–water partition coefficient (Wildman–Crippen LogP) is 3.22. The summed E-state index contributed by atoms with van der Waals surface area (Å²) in [6.07, 6.45) is 3.84. The summed E-state index contributed by atoms with van der Waals surface area (Å²) in [5, 5.41) is 3.79. The van der Waals surface area contributed by atoms with Crippen LogP contribution in [0.25, 0.3) is 11.3 Å². The van der Waals surface area contributed by atoms with Crippen LogP contribution in [-0.4, -0.2) is 18.2 Å². The second kappa shape index (κ2) is 4.96. The van der Waals surface area contributed by atoms with Gasteiger partial charge in [-0.15, -0.1) is 0 Å². The van der Waals surface area contributed by atoms with Crippen molar-refractivity contribution in [3.8, 4) is 11.3 Å². The summed E-state index contributed by atoms with van der Waals surface area (Å²) in [6, 6.07) is 8.26. The van der Waals surface area contributed by atoms with Crippen molar-refractivity contribution < 1.29 is 4.52 Å². The van der Waals surface area contributed by atoms with Crippen LogP contribution in [-0.2, 0) is 0 Å². The highest BCUT2D eigenvalue weighted by Gasteiger charge is 2.17. The molecular weight excluding hydrogens is 238 g/mol. The van der Waals surface area contributed by atoms with Crippen molar-refractivity contribution in [3.05, 3.63) is 29.8 Å². The molecule has 0 atom stereocenters. The van der Waals surface area contributed by atoms with Crippen LogP contribution in [0.1, 0.15) is 24.8 Å². The zero-order valence-electron chi connectivity index (χ0n) is 11.2. The first-order valence-electron chi connectivity index (χ1n) is 6.82. The van der Waals surface area contributed by atoms with Crippen molar-refractivity contribution in [2.75, 3.05) is 23.7 Å². The average molecular weight is 257 g/mol.